The number of hydrogen-bond donors (Lipinski definition) is 0. The molecule has 1 unspecified atom stereocenters. The van der Waals surface area contributed by atoms with Crippen LogP contribution in [0.5, 0.6) is 11.5 Å². The summed E-state index contributed by atoms with van der Waals surface area (Å²) in [6, 6.07) is 13.9. The van der Waals surface area contributed by atoms with Gasteiger partial charge in [0.25, 0.3) is 0 Å². The van der Waals surface area contributed by atoms with Crippen LogP contribution in [0.4, 0.5) is 0 Å². The predicted molar refractivity (Wildman–Crippen MR) is 106 cm³/mol. The maximum absolute atomic E-state index is 11.3. The third kappa shape index (κ3) is 5.59. The van der Waals surface area contributed by atoms with Crippen molar-refractivity contribution in [1.82, 2.24) is 0 Å². The van der Waals surface area contributed by atoms with Crippen LogP contribution in [0.3, 0.4) is 0 Å². The third-order valence-electron chi connectivity index (χ3n) is 3.59. The van der Waals surface area contributed by atoms with Crippen LogP contribution in [-0.4, -0.2) is 46.0 Å². The minimum absolute atomic E-state index is 0. The van der Waals surface area contributed by atoms with E-state index in [1.165, 1.54) is 0 Å². The molecule has 0 aliphatic carbocycles. The number of ether oxygens (including phenoxy) is 2. The van der Waals surface area contributed by atoms with Gasteiger partial charge in [0.05, 0.1) is 34.5 Å². The second-order valence-electron chi connectivity index (χ2n) is 5.20. The molecule has 0 aromatic heterocycles. The van der Waals surface area contributed by atoms with Crippen molar-refractivity contribution in [2.24, 2.45) is 0 Å². The molecule has 0 N–H and O–H groups in total. The van der Waals surface area contributed by atoms with Gasteiger partial charge in [0.2, 0.25) is 0 Å². The van der Waals surface area contributed by atoms with Gasteiger partial charge in [-0.2, -0.15) is 0 Å². The van der Waals surface area contributed by atoms with Crippen molar-refractivity contribution in [3.63, 3.8) is 0 Å². The van der Waals surface area contributed by atoms with Crippen molar-refractivity contribution in [1.29, 1.82) is 0 Å². The first kappa shape index (κ1) is 21.7. The molecule has 0 radical (unpaired) electrons. The van der Waals surface area contributed by atoms with Crippen molar-refractivity contribution >= 4 is 43.9 Å². The van der Waals surface area contributed by atoms with E-state index in [2.05, 4.69) is 19.1 Å². The van der Waals surface area contributed by atoms with Crippen molar-refractivity contribution in [3.8, 4) is 11.5 Å². The minimum atomic E-state index is -1.000. The topological polar surface area (TPSA) is 44.8 Å². The molecule has 2 aromatic carbocycles. The van der Waals surface area contributed by atoms with Crippen molar-refractivity contribution in [3.05, 3.63) is 48.0 Å². The molecule has 1 atom stereocenters. The number of unbranched alkanes of at least 4 members (excludes halogenated alkanes) is 1. The van der Waals surface area contributed by atoms with Gasteiger partial charge >= 0.3 is 18.9 Å². The predicted octanol–water partition coefficient (Wildman–Crippen LogP) is 3.03. The number of carbonyl (C=O) groups is 1. The number of carbonyl (C=O) groups excluding carboxylic acids is 1. The molecule has 130 valence electrons. The Morgan fingerprint density at radius 2 is 1.60 bits per heavy atom. The Hall–Kier alpha value is -1.30. The molecule has 2 rings (SSSR count). The summed E-state index contributed by atoms with van der Waals surface area (Å²) in [6.45, 7) is 2.83. The standard InChI is InChI=1S/C19H23O4P.Li.H/c1-4-5-11-23-24(15-9-7-6-8-10-15)16-12-18(21-2)17(14-20)19(13-16)22-3;;/h6-10,12-14H,4-5,11H2,1-3H3;;. The monoisotopic (exact) mass is 354 g/mol. The summed E-state index contributed by atoms with van der Waals surface area (Å²) in [7, 11) is 2.10. The van der Waals surface area contributed by atoms with E-state index in [0.717, 1.165) is 29.7 Å². The zero-order valence-corrected chi connectivity index (χ0v) is 15.2. The molecule has 0 amide bonds. The Bertz CT molecular complexity index is 639. The molecule has 0 bridgehead atoms. The second kappa shape index (κ2) is 11.3. The van der Waals surface area contributed by atoms with Gasteiger partial charge in [-0.1, -0.05) is 43.7 Å². The van der Waals surface area contributed by atoms with Gasteiger partial charge in [0, 0.05) is 10.6 Å². The number of aldehydes is 1. The molecule has 0 heterocycles. The summed E-state index contributed by atoms with van der Waals surface area (Å²) in [6.07, 6.45) is 2.84. The molecule has 0 saturated heterocycles. The first-order chi connectivity index (χ1) is 11.7. The summed E-state index contributed by atoms with van der Waals surface area (Å²) in [4.78, 5) is 11.3. The Kier molecular flexibility index (Phi) is 9.86. The number of hydrogen-bond acceptors (Lipinski definition) is 4. The van der Waals surface area contributed by atoms with Crippen LogP contribution < -0.4 is 20.1 Å². The maximum atomic E-state index is 11.3. The molecule has 2 aromatic rings. The van der Waals surface area contributed by atoms with Crippen LogP contribution in [0.15, 0.2) is 42.5 Å². The van der Waals surface area contributed by atoms with Crippen molar-refractivity contribution < 1.29 is 18.8 Å². The molecule has 4 nitrogen and oxygen atoms in total. The third-order valence-corrected chi connectivity index (χ3v) is 5.53. The van der Waals surface area contributed by atoms with Crippen LogP contribution in [0.25, 0.3) is 0 Å². The van der Waals surface area contributed by atoms with Crippen LogP contribution in [-0.2, 0) is 4.52 Å². The van der Waals surface area contributed by atoms with E-state index < -0.39 is 8.15 Å². The number of rotatable bonds is 9. The molecule has 0 aliphatic rings. The van der Waals surface area contributed by atoms with Crippen LogP contribution >= 0.6 is 8.15 Å². The van der Waals surface area contributed by atoms with Gasteiger partial charge < -0.3 is 14.0 Å². The summed E-state index contributed by atoms with van der Waals surface area (Å²) in [5.74, 6) is 1.00. The Morgan fingerprint density at radius 1 is 1.00 bits per heavy atom. The molecular formula is C19H24LiO4P. The molecule has 0 spiro atoms. The quantitative estimate of drug-likeness (QED) is 0.301. The summed E-state index contributed by atoms with van der Waals surface area (Å²) in [5, 5.41) is 2.08. The van der Waals surface area contributed by atoms with E-state index in [0.29, 0.717) is 23.7 Å². The van der Waals surface area contributed by atoms with E-state index in [4.69, 9.17) is 14.0 Å². The average Bonchev–Trinajstić information content (AvgIpc) is 2.64. The SMILES string of the molecule is CCCCOP(c1ccccc1)c1cc(OC)c(C=O)c(OC)c1.[LiH]. The second-order valence-corrected chi connectivity index (χ2v) is 7.08. The Morgan fingerprint density at radius 3 is 2.08 bits per heavy atom. The van der Waals surface area contributed by atoms with E-state index >= 15 is 0 Å². The molecule has 0 aliphatic heterocycles. The van der Waals surface area contributed by atoms with Gasteiger partial charge in [-0.3, -0.25) is 4.79 Å². The van der Waals surface area contributed by atoms with Gasteiger partial charge in [-0.25, -0.2) is 0 Å². The van der Waals surface area contributed by atoms with E-state index in [1.807, 2.05) is 30.3 Å². The van der Waals surface area contributed by atoms with Crippen LogP contribution in [0, 0.1) is 0 Å². The van der Waals surface area contributed by atoms with E-state index in [-0.39, 0.29) is 18.9 Å². The number of methoxy groups -OCH3 is 2. The van der Waals surface area contributed by atoms with Gasteiger partial charge in [0.15, 0.2) is 6.29 Å². The summed E-state index contributed by atoms with van der Waals surface area (Å²) >= 11 is 0. The Labute approximate surface area is 162 Å². The fourth-order valence-corrected chi connectivity index (χ4v) is 4.14. The van der Waals surface area contributed by atoms with Crippen molar-refractivity contribution in [2.75, 3.05) is 20.8 Å². The Balaban J connectivity index is 0.00000312. The van der Waals surface area contributed by atoms with Gasteiger partial charge in [-0.05, 0) is 18.6 Å². The van der Waals surface area contributed by atoms with Gasteiger partial charge in [0.1, 0.15) is 11.5 Å². The first-order valence-corrected chi connectivity index (χ1v) is 9.20. The molecule has 6 heteroatoms. The van der Waals surface area contributed by atoms with E-state index in [1.54, 1.807) is 14.2 Å². The normalized spacial score (nSPS) is 11.3. The zero-order chi connectivity index (χ0) is 17.4. The average molecular weight is 354 g/mol. The fourth-order valence-electron chi connectivity index (χ4n) is 2.32. The number of benzene rings is 2. The molecule has 25 heavy (non-hydrogen) atoms. The fraction of sp³-hybridized carbons (Fsp3) is 0.316. The van der Waals surface area contributed by atoms with Crippen LogP contribution in [0.1, 0.15) is 30.1 Å². The zero-order valence-electron chi connectivity index (χ0n) is 14.3. The first-order valence-electron chi connectivity index (χ1n) is 7.94. The molecular weight excluding hydrogens is 330 g/mol. The van der Waals surface area contributed by atoms with E-state index in [9.17, 15) is 4.79 Å². The summed E-state index contributed by atoms with van der Waals surface area (Å²) in [5.41, 5.74) is 0.417. The molecule has 0 saturated carbocycles. The van der Waals surface area contributed by atoms with Gasteiger partial charge in [-0.15, -0.1) is 0 Å². The van der Waals surface area contributed by atoms with Crippen molar-refractivity contribution in [2.45, 2.75) is 19.8 Å². The van der Waals surface area contributed by atoms with Crippen LogP contribution in [0.2, 0.25) is 0 Å². The molecule has 0 fully saturated rings. The summed E-state index contributed by atoms with van der Waals surface area (Å²) < 4.78 is 16.9.